The molecule has 3 aromatic heterocycles. The molecule has 0 atom stereocenters. The summed E-state index contributed by atoms with van der Waals surface area (Å²) in [7, 11) is 0. The van der Waals surface area contributed by atoms with Gasteiger partial charge < -0.3 is 15.3 Å². The highest BCUT2D eigenvalue weighted by Crippen LogP contribution is 1.98. The van der Waals surface area contributed by atoms with E-state index in [0.717, 1.165) is 0 Å². The van der Waals surface area contributed by atoms with Gasteiger partial charge in [-0.05, 0) is 0 Å². The maximum atomic E-state index is 11.7. The summed E-state index contributed by atoms with van der Waals surface area (Å²) in [5, 5.41) is 10.3. The average molecular weight is 259 g/mol. The number of hydrogen-bond acceptors (Lipinski definition) is 5. The van der Waals surface area contributed by atoms with Crippen molar-refractivity contribution >= 4 is 11.6 Å². The highest BCUT2D eigenvalue weighted by Gasteiger charge is 2.10. The molecule has 9 heteroatoms. The molecule has 0 aliphatic rings. The summed E-state index contributed by atoms with van der Waals surface area (Å²) < 4.78 is 1.52. The van der Waals surface area contributed by atoms with E-state index in [1.807, 2.05) is 0 Å². The first kappa shape index (κ1) is 11.1. The molecule has 3 rings (SSSR count). The first-order chi connectivity index (χ1) is 9.25. The fourth-order valence-corrected chi connectivity index (χ4v) is 1.64. The summed E-state index contributed by atoms with van der Waals surface area (Å²) in [6.07, 6.45) is 5.94. The Bertz CT molecular complexity index is 771. The number of nitrogens with zero attached hydrogens (tertiary/aromatic N) is 4. The second-order valence-electron chi connectivity index (χ2n) is 3.75. The molecule has 0 aliphatic heterocycles. The first-order valence-electron chi connectivity index (χ1n) is 5.43. The topological polar surface area (TPSA) is 121 Å². The number of imidazole rings is 1. The molecule has 3 N–H and O–H groups in total. The maximum Gasteiger partial charge on any atom is 0.293 e. The lowest BCUT2D eigenvalue weighted by molar-refractivity contribution is 0.0945. The van der Waals surface area contributed by atoms with Crippen molar-refractivity contribution in [2.24, 2.45) is 0 Å². The number of rotatable bonds is 3. The highest BCUT2D eigenvalue weighted by molar-refractivity contribution is 5.91. The smallest absolute Gasteiger partial charge is 0.293 e. The van der Waals surface area contributed by atoms with E-state index < -0.39 is 0 Å². The van der Waals surface area contributed by atoms with Crippen LogP contribution in [0.5, 0.6) is 0 Å². The van der Waals surface area contributed by atoms with Crippen molar-refractivity contribution in [3.63, 3.8) is 0 Å². The zero-order valence-electron chi connectivity index (χ0n) is 9.62. The predicted octanol–water partition coefficient (Wildman–Crippen LogP) is -0.929. The van der Waals surface area contributed by atoms with Crippen LogP contribution in [0.25, 0.3) is 5.65 Å². The maximum absolute atomic E-state index is 11.7. The van der Waals surface area contributed by atoms with Crippen LogP contribution < -0.4 is 10.9 Å². The van der Waals surface area contributed by atoms with Crippen LogP contribution in [0.1, 0.15) is 16.3 Å². The van der Waals surface area contributed by atoms with Gasteiger partial charge in [-0.3, -0.25) is 14.0 Å². The minimum atomic E-state index is -0.332. The van der Waals surface area contributed by atoms with E-state index in [1.165, 1.54) is 23.1 Å². The van der Waals surface area contributed by atoms with Crippen LogP contribution in [-0.4, -0.2) is 35.5 Å². The number of H-pyrrole nitrogens is 2. The molecule has 0 radical (unpaired) electrons. The molecule has 0 spiro atoms. The summed E-state index contributed by atoms with van der Waals surface area (Å²) in [5.74, 6) is 0.160. The number of amides is 1. The van der Waals surface area contributed by atoms with Crippen molar-refractivity contribution in [1.82, 2.24) is 34.9 Å². The number of nitrogens with one attached hydrogen (secondary N) is 3. The number of fused-ring (bicyclic) bond motifs is 1. The lowest BCUT2D eigenvalue weighted by Crippen LogP contribution is -2.24. The van der Waals surface area contributed by atoms with Gasteiger partial charge in [0.1, 0.15) is 5.69 Å². The molecular formula is C10H9N7O2. The average Bonchev–Trinajstić information content (AvgIpc) is 3.06. The number of aromatic nitrogens is 6. The Morgan fingerprint density at radius 2 is 2.26 bits per heavy atom. The molecule has 0 saturated heterocycles. The van der Waals surface area contributed by atoms with Crippen LogP contribution in [0, 0.1) is 0 Å². The van der Waals surface area contributed by atoms with Crippen molar-refractivity contribution in [2.45, 2.75) is 6.54 Å². The molecule has 3 heterocycles. The van der Waals surface area contributed by atoms with Crippen LogP contribution >= 0.6 is 0 Å². The van der Waals surface area contributed by atoms with Crippen molar-refractivity contribution in [3.05, 3.63) is 46.8 Å². The number of aromatic amines is 2. The minimum Gasteiger partial charge on any atom is -0.343 e. The quantitative estimate of drug-likeness (QED) is 0.561. The van der Waals surface area contributed by atoms with Crippen LogP contribution in [0.2, 0.25) is 0 Å². The molecule has 0 saturated carbocycles. The van der Waals surface area contributed by atoms with Crippen molar-refractivity contribution in [1.29, 1.82) is 0 Å². The van der Waals surface area contributed by atoms with Crippen LogP contribution in [0.4, 0.5) is 0 Å². The minimum absolute atomic E-state index is 0.155. The van der Waals surface area contributed by atoms with Crippen molar-refractivity contribution < 1.29 is 4.79 Å². The molecule has 3 aromatic rings. The Hall–Kier alpha value is -2.97. The summed E-state index contributed by atoms with van der Waals surface area (Å²) in [5.41, 5.74) is 0.209. The molecule has 0 unspecified atom stereocenters. The Morgan fingerprint density at radius 1 is 1.37 bits per heavy atom. The van der Waals surface area contributed by atoms with E-state index in [0.29, 0.717) is 11.5 Å². The third-order valence-electron chi connectivity index (χ3n) is 2.56. The number of carbonyl (C=O) groups excluding carboxylic acids is 1. The van der Waals surface area contributed by atoms with Gasteiger partial charge in [0.25, 0.3) is 11.5 Å². The fourth-order valence-electron chi connectivity index (χ4n) is 1.64. The monoisotopic (exact) mass is 259 g/mol. The van der Waals surface area contributed by atoms with Crippen LogP contribution in [0.15, 0.2) is 29.7 Å². The number of hydrogen-bond donors (Lipinski definition) is 3. The Kier molecular flexibility index (Phi) is 2.56. The van der Waals surface area contributed by atoms with Gasteiger partial charge in [0, 0.05) is 12.4 Å². The van der Waals surface area contributed by atoms with E-state index in [9.17, 15) is 9.59 Å². The van der Waals surface area contributed by atoms with E-state index in [4.69, 9.17) is 0 Å². The second-order valence-corrected chi connectivity index (χ2v) is 3.75. The molecule has 0 bridgehead atoms. The molecule has 96 valence electrons. The van der Waals surface area contributed by atoms with Gasteiger partial charge in [0.15, 0.2) is 5.82 Å². The molecule has 0 aliphatic carbocycles. The normalized spacial score (nSPS) is 10.7. The van der Waals surface area contributed by atoms with Gasteiger partial charge in [-0.2, -0.15) is 0 Å². The van der Waals surface area contributed by atoms with E-state index in [-0.39, 0.29) is 23.7 Å². The summed E-state index contributed by atoms with van der Waals surface area (Å²) in [6.45, 7) is 0.155. The summed E-state index contributed by atoms with van der Waals surface area (Å²) in [4.78, 5) is 32.1. The molecule has 9 nitrogen and oxygen atoms in total. The summed E-state index contributed by atoms with van der Waals surface area (Å²) in [6, 6.07) is 0. The first-order valence-corrected chi connectivity index (χ1v) is 5.43. The molecule has 19 heavy (non-hydrogen) atoms. The lowest BCUT2D eigenvalue weighted by atomic mass is 10.4. The Labute approximate surface area is 105 Å². The fraction of sp³-hybridized carbons (Fsp3) is 0.100. The Morgan fingerprint density at radius 3 is 3.05 bits per heavy atom. The lowest BCUT2D eigenvalue weighted by Gasteiger charge is -2.01. The second kappa shape index (κ2) is 4.37. The van der Waals surface area contributed by atoms with E-state index >= 15 is 0 Å². The van der Waals surface area contributed by atoms with Gasteiger partial charge in [0.2, 0.25) is 5.65 Å². The number of carbonyl (C=O) groups is 1. The zero-order chi connectivity index (χ0) is 13.2. The molecule has 0 fully saturated rings. The van der Waals surface area contributed by atoms with Crippen molar-refractivity contribution in [2.75, 3.05) is 0 Å². The largest absolute Gasteiger partial charge is 0.343 e. The van der Waals surface area contributed by atoms with Crippen LogP contribution in [-0.2, 0) is 6.54 Å². The molecule has 0 aromatic carbocycles. The molecular weight excluding hydrogens is 250 g/mol. The van der Waals surface area contributed by atoms with Gasteiger partial charge in [-0.1, -0.05) is 0 Å². The summed E-state index contributed by atoms with van der Waals surface area (Å²) >= 11 is 0. The van der Waals surface area contributed by atoms with Gasteiger partial charge in [-0.15, -0.1) is 10.2 Å². The third-order valence-corrected chi connectivity index (χ3v) is 2.56. The Balaban J connectivity index is 1.81. The van der Waals surface area contributed by atoms with E-state index in [2.05, 4.69) is 30.5 Å². The van der Waals surface area contributed by atoms with Crippen LogP contribution in [0.3, 0.4) is 0 Å². The zero-order valence-corrected chi connectivity index (χ0v) is 9.62. The highest BCUT2D eigenvalue weighted by atomic mass is 16.2. The SMILES string of the molecule is O=C(NCc1nnc2c(=O)[nH]ccn12)c1cnc[nH]1. The predicted molar refractivity (Wildman–Crippen MR) is 63.4 cm³/mol. The van der Waals surface area contributed by atoms with Crippen molar-refractivity contribution in [3.8, 4) is 0 Å². The van der Waals surface area contributed by atoms with E-state index in [1.54, 1.807) is 6.20 Å². The molecule has 1 amide bonds. The van der Waals surface area contributed by atoms with Gasteiger partial charge in [-0.25, -0.2) is 4.98 Å². The third kappa shape index (κ3) is 1.97. The van der Waals surface area contributed by atoms with Gasteiger partial charge in [0.05, 0.1) is 19.1 Å². The standard InChI is InChI=1S/C10H9N7O2/c18-9(6-3-11-5-14-6)13-4-7-15-16-8-10(19)12-1-2-17(7)8/h1-3,5H,4H2,(H,11,14)(H,12,19)(H,13,18). The van der Waals surface area contributed by atoms with Gasteiger partial charge >= 0.3 is 0 Å².